The van der Waals surface area contributed by atoms with E-state index in [4.69, 9.17) is 28.0 Å². The Morgan fingerprint density at radius 2 is 1.23 bits per heavy atom. The number of carboxylic acid groups (broad SMARTS) is 2. The number of rotatable bonds is 21. The van der Waals surface area contributed by atoms with E-state index in [9.17, 15) is 38.7 Å². The lowest BCUT2D eigenvalue weighted by Crippen LogP contribution is -2.58. The summed E-state index contributed by atoms with van der Waals surface area (Å²) in [6, 6.07) is -6.25. The Balaban J connectivity index is 5.45. The monoisotopic (exact) mass is 615 g/mol. The molecule has 0 aromatic carbocycles. The van der Waals surface area contributed by atoms with Gasteiger partial charge in [0, 0.05) is 19.4 Å². The molecule has 0 aromatic rings. The fourth-order valence-electron chi connectivity index (χ4n) is 3.66. The molecule has 0 bridgehead atoms. The Morgan fingerprint density at radius 1 is 0.698 bits per heavy atom. The summed E-state index contributed by atoms with van der Waals surface area (Å²) in [5.74, 6) is -6.83. The Kier molecular flexibility index (Phi) is 17.6. The van der Waals surface area contributed by atoms with Crippen LogP contribution in [0.4, 0.5) is 0 Å². The highest BCUT2D eigenvalue weighted by Gasteiger charge is 2.31. The molecule has 0 fully saturated rings. The van der Waals surface area contributed by atoms with Crippen LogP contribution in [0.3, 0.4) is 0 Å². The van der Waals surface area contributed by atoms with E-state index >= 15 is 0 Å². The van der Waals surface area contributed by atoms with E-state index < -0.39 is 78.1 Å². The summed E-state index contributed by atoms with van der Waals surface area (Å²) in [5, 5.41) is 27.7. The summed E-state index contributed by atoms with van der Waals surface area (Å²) >= 11 is 0. The first-order valence-electron chi connectivity index (χ1n) is 13.7. The van der Waals surface area contributed by atoms with Crippen LogP contribution in [0.2, 0.25) is 0 Å². The predicted molar refractivity (Wildman–Crippen MR) is 154 cm³/mol. The molecule has 0 aliphatic rings. The van der Waals surface area contributed by atoms with Crippen molar-refractivity contribution < 1.29 is 43.8 Å². The fraction of sp³-hybridized carbons (Fsp3) is 0.680. The van der Waals surface area contributed by atoms with Gasteiger partial charge < -0.3 is 54.4 Å². The van der Waals surface area contributed by atoms with Gasteiger partial charge in [0.05, 0.1) is 6.04 Å². The molecule has 0 saturated heterocycles. The Bertz CT molecular complexity index is 1030. The van der Waals surface area contributed by atoms with Crippen LogP contribution in [0.5, 0.6) is 0 Å². The van der Waals surface area contributed by atoms with Crippen molar-refractivity contribution in [2.24, 2.45) is 33.8 Å². The highest BCUT2D eigenvalue weighted by molar-refractivity contribution is 5.95. The van der Waals surface area contributed by atoms with Crippen molar-refractivity contribution in [2.75, 3.05) is 6.54 Å². The summed E-state index contributed by atoms with van der Waals surface area (Å²) in [6.07, 6.45) is -0.665. The second-order valence-corrected chi connectivity index (χ2v) is 10.4. The van der Waals surface area contributed by atoms with Crippen molar-refractivity contribution >= 4 is 47.4 Å². The van der Waals surface area contributed by atoms with Crippen molar-refractivity contribution in [1.82, 2.24) is 21.3 Å². The summed E-state index contributed by atoms with van der Waals surface area (Å²) in [6.45, 7) is 5.06. The number of carbonyl (C=O) groups excluding carboxylic acids is 5. The van der Waals surface area contributed by atoms with E-state index in [1.165, 1.54) is 6.92 Å². The first-order valence-corrected chi connectivity index (χ1v) is 13.7. The summed E-state index contributed by atoms with van der Waals surface area (Å²) in [5.41, 5.74) is 21.6. The van der Waals surface area contributed by atoms with Gasteiger partial charge in [0.2, 0.25) is 29.5 Å². The molecule has 0 rings (SSSR count). The van der Waals surface area contributed by atoms with Gasteiger partial charge >= 0.3 is 11.9 Å². The van der Waals surface area contributed by atoms with Gasteiger partial charge in [-0.1, -0.05) is 13.8 Å². The molecule has 0 unspecified atom stereocenters. The van der Waals surface area contributed by atoms with Gasteiger partial charge in [0.1, 0.15) is 24.2 Å². The molecule has 0 spiro atoms. The van der Waals surface area contributed by atoms with Gasteiger partial charge in [0.25, 0.3) is 0 Å². The minimum atomic E-state index is -1.50. The maximum atomic E-state index is 13.0. The van der Waals surface area contributed by atoms with Gasteiger partial charge in [-0.25, -0.2) is 4.79 Å². The van der Waals surface area contributed by atoms with Crippen molar-refractivity contribution in [3.8, 4) is 0 Å². The Labute approximate surface area is 249 Å². The molecular weight excluding hydrogens is 570 g/mol. The summed E-state index contributed by atoms with van der Waals surface area (Å²) in [4.78, 5) is 88.7. The van der Waals surface area contributed by atoms with Crippen LogP contribution in [0.1, 0.15) is 65.7 Å². The quantitative estimate of drug-likeness (QED) is 0.0343. The van der Waals surface area contributed by atoms with Crippen molar-refractivity contribution in [3.05, 3.63) is 0 Å². The molecule has 244 valence electrons. The first kappa shape index (κ1) is 38.5. The third-order valence-electron chi connectivity index (χ3n) is 5.97. The van der Waals surface area contributed by atoms with Crippen LogP contribution in [0.15, 0.2) is 4.99 Å². The van der Waals surface area contributed by atoms with E-state index in [2.05, 4.69) is 26.3 Å². The van der Waals surface area contributed by atoms with E-state index in [-0.39, 0.29) is 50.5 Å². The van der Waals surface area contributed by atoms with Gasteiger partial charge in [-0.05, 0) is 44.9 Å². The number of aliphatic carboxylic acids is 2. The highest BCUT2D eigenvalue weighted by Crippen LogP contribution is 2.08. The standard InChI is InChI=1S/C25H45N9O9/c1-12(2)11-17(23(41)33-16(24(42)43)7-9-19(36)37)34-20(38)13(3)31-22(40)15(6-8-18(27)35)32-21(39)14(26)5-4-10-30-25(28)29/h12-17H,4-11,26H2,1-3H3,(H2,27,35)(H,31,40)(H,32,39)(H,33,41)(H,34,38)(H,36,37)(H,42,43)(H4,28,29,30)/t13-,14-,15-,16-,17-/m0/s1. The van der Waals surface area contributed by atoms with Crippen LogP contribution >= 0.6 is 0 Å². The van der Waals surface area contributed by atoms with Gasteiger partial charge in [-0.3, -0.25) is 33.8 Å². The Hall–Kier alpha value is -4.48. The minimum Gasteiger partial charge on any atom is -0.481 e. The third-order valence-corrected chi connectivity index (χ3v) is 5.97. The molecule has 14 N–H and O–H groups in total. The third kappa shape index (κ3) is 17.2. The molecule has 0 aliphatic heterocycles. The van der Waals surface area contributed by atoms with Crippen molar-refractivity contribution in [2.45, 2.75) is 95.9 Å². The predicted octanol–water partition coefficient (Wildman–Crippen LogP) is -3.41. The van der Waals surface area contributed by atoms with Crippen LogP contribution in [-0.2, 0) is 33.6 Å². The number of amides is 5. The largest absolute Gasteiger partial charge is 0.481 e. The van der Waals surface area contributed by atoms with Crippen molar-refractivity contribution in [3.63, 3.8) is 0 Å². The summed E-state index contributed by atoms with van der Waals surface area (Å²) in [7, 11) is 0. The number of primary amides is 1. The molecule has 0 heterocycles. The number of aliphatic imine (C=N–C) groups is 1. The molecular formula is C25H45N9O9. The maximum absolute atomic E-state index is 13.0. The minimum absolute atomic E-state index is 0.0991. The molecule has 0 saturated carbocycles. The van der Waals surface area contributed by atoms with E-state index in [1.807, 2.05) is 0 Å². The lowest BCUT2D eigenvalue weighted by Gasteiger charge is -2.25. The van der Waals surface area contributed by atoms with Gasteiger partial charge in [-0.15, -0.1) is 0 Å². The van der Waals surface area contributed by atoms with Crippen LogP contribution in [0, 0.1) is 5.92 Å². The number of nitrogens with zero attached hydrogens (tertiary/aromatic N) is 1. The molecule has 0 aromatic heterocycles. The second kappa shape index (κ2) is 19.6. The smallest absolute Gasteiger partial charge is 0.326 e. The first-order chi connectivity index (χ1) is 19.9. The van der Waals surface area contributed by atoms with Crippen molar-refractivity contribution in [1.29, 1.82) is 0 Å². The van der Waals surface area contributed by atoms with E-state index in [1.54, 1.807) is 13.8 Å². The zero-order valence-corrected chi connectivity index (χ0v) is 24.6. The molecule has 0 radical (unpaired) electrons. The number of carbonyl (C=O) groups is 7. The molecule has 0 aliphatic carbocycles. The zero-order valence-electron chi connectivity index (χ0n) is 24.6. The highest BCUT2D eigenvalue weighted by atomic mass is 16.4. The molecule has 5 atom stereocenters. The van der Waals surface area contributed by atoms with Crippen LogP contribution in [-0.4, -0.2) is 94.4 Å². The normalized spacial score (nSPS) is 14.3. The number of hydrogen-bond acceptors (Lipinski definition) is 9. The van der Waals surface area contributed by atoms with Crippen LogP contribution in [0.25, 0.3) is 0 Å². The fourth-order valence-corrected chi connectivity index (χ4v) is 3.66. The molecule has 5 amide bonds. The Morgan fingerprint density at radius 3 is 1.74 bits per heavy atom. The van der Waals surface area contributed by atoms with E-state index in [0.717, 1.165) is 0 Å². The average Bonchev–Trinajstić information content (AvgIpc) is 2.89. The number of hydrogen-bond donors (Lipinski definition) is 10. The van der Waals surface area contributed by atoms with Crippen LogP contribution < -0.4 is 44.2 Å². The lowest BCUT2D eigenvalue weighted by molar-refractivity contribution is -0.143. The number of guanidine groups is 1. The zero-order chi connectivity index (χ0) is 33.3. The number of carboxylic acids is 2. The van der Waals surface area contributed by atoms with Gasteiger partial charge in [0.15, 0.2) is 5.96 Å². The SMILES string of the molecule is CC(C)C[C@H](NC(=O)[C@H](C)NC(=O)[C@H](CCC(N)=O)NC(=O)[C@@H](N)CCCN=C(N)N)C(=O)N[C@@H](CCC(=O)O)C(=O)O. The average molecular weight is 616 g/mol. The second-order valence-electron chi connectivity index (χ2n) is 10.4. The lowest BCUT2D eigenvalue weighted by atomic mass is 10.0. The van der Waals surface area contributed by atoms with Gasteiger partial charge in [-0.2, -0.15) is 0 Å². The molecule has 18 heteroatoms. The number of nitrogens with two attached hydrogens (primary N) is 4. The number of nitrogens with one attached hydrogen (secondary N) is 4. The maximum Gasteiger partial charge on any atom is 0.326 e. The summed E-state index contributed by atoms with van der Waals surface area (Å²) < 4.78 is 0. The molecule has 18 nitrogen and oxygen atoms in total. The molecule has 43 heavy (non-hydrogen) atoms. The van der Waals surface area contributed by atoms with E-state index in [0.29, 0.717) is 6.42 Å². The topological polar surface area (TPSA) is 325 Å².